The highest BCUT2D eigenvalue weighted by Crippen LogP contribution is 2.23. The van der Waals surface area contributed by atoms with Crippen LogP contribution in [0.25, 0.3) is 5.82 Å². The molecule has 0 atom stereocenters. The molecule has 0 saturated heterocycles. The van der Waals surface area contributed by atoms with Crippen molar-refractivity contribution in [3.63, 3.8) is 0 Å². The Morgan fingerprint density at radius 1 is 0.935 bits per heavy atom. The number of urea groups is 1. The normalized spacial score (nSPS) is 10.5. The van der Waals surface area contributed by atoms with Crippen molar-refractivity contribution in [2.45, 2.75) is 20.3 Å². The number of benzene rings is 2. The second kappa shape index (κ2) is 9.13. The van der Waals surface area contributed by atoms with Gasteiger partial charge in [0, 0.05) is 29.8 Å². The number of ether oxygens (including phenoxy) is 1. The van der Waals surface area contributed by atoms with Crippen LogP contribution in [0.15, 0.2) is 79.1 Å². The Morgan fingerprint density at radius 3 is 2.16 bits per heavy atom. The molecule has 156 valence electrons. The van der Waals surface area contributed by atoms with Crippen LogP contribution in [-0.4, -0.2) is 20.6 Å². The highest BCUT2D eigenvalue weighted by atomic mass is 16.5. The maximum absolute atomic E-state index is 12.2. The Labute approximate surface area is 180 Å². The molecule has 2 heterocycles. The Morgan fingerprint density at radius 2 is 1.55 bits per heavy atom. The zero-order valence-corrected chi connectivity index (χ0v) is 17.4. The monoisotopic (exact) mass is 413 g/mol. The smallest absolute Gasteiger partial charge is 0.323 e. The third-order valence-electron chi connectivity index (χ3n) is 4.62. The second-order valence-electron chi connectivity index (χ2n) is 6.96. The van der Waals surface area contributed by atoms with Crippen molar-refractivity contribution in [2.24, 2.45) is 0 Å². The molecule has 31 heavy (non-hydrogen) atoms. The molecule has 0 bridgehead atoms. The van der Waals surface area contributed by atoms with Crippen molar-refractivity contribution in [2.75, 3.05) is 10.6 Å². The van der Waals surface area contributed by atoms with E-state index in [1.807, 2.05) is 60.3 Å². The van der Waals surface area contributed by atoms with Gasteiger partial charge in [-0.05, 0) is 67.4 Å². The lowest BCUT2D eigenvalue weighted by molar-refractivity contribution is 0.262. The van der Waals surface area contributed by atoms with Gasteiger partial charge >= 0.3 is 6.03 Å². The van der Waals surface area contributed by atoms with E-state index in [1.165, 1.54) is 5.56 Å². The number of hydrogen-bond donors (Lipinski definition) is 2. The summed E-state index contributed by atoms with van der Waals surface area (Å²) < 4.78 is 7.77. The summed E-state index contributed by atoms with van der Waals surface area (Å²) in [7, 11) is 0. The number of amides is 2. The van der Waals surface area contributed by atoms with Gasteiger partial charge in [0.1, 0.15) is 17.4 Å². The second-order valence-corrected chi connectivity index (χ2v) is 6.96. The highest BCUT2D eigenvalue weighted by molar-refractivity contribution is 5.99. The van der Waals surface area contributed by atoms with E-state index in [4.69, 9.17) is 4.74 Å². The summed E-state index contributed by atoms with van der Waals surface area (Å²) in [6.07, 6.45) is 4.79. The van der Waals surface area contributed by atoms with Gasteiger partial charge < -0.3 is 19.9 Å². The minimum atomic E-state index is -0.305. The number of aromatic nitrogens is 3. The quantitative estimate of drug-likeness (QED) is 0.433. The molecule has 2 amide bonds. The fourth-order valence-corrected chi connectivity index (χ4v) is 3.04. The summed E-state index contributed by atoms with van der Waals surface area (Å²) in [6.45, 7) is 3.91. The number of nitrogens with one attached hydrogen (secondary N) is 2. The van der Waals surface area contributed by atoms with Gasteiger partial charge in [-0.1, -0.05) is 19.1 Å². The Hall–Kier alpha value is -4.13. The first-order chi connectivity index (χ1) is 15.1. The fraction of sp³-hybridized carbons (Fsp3) is 0.125. The number of carbonyl (C=O) groups is 1. The summed E-state index contributed by atoms with van der Waals surface area (Å²) in [5.41, 5.74) is 2.62. The van der Waals surface area contributed by atoms with E-state index in [0.717, 1.165) is 17.9 Å². The van der Waals surface area contributed by atoms with Gasteiger partial charge in [0.2, 0.25) is 5.88 Å². The van der Waals surface area contributed by atoms with Gasteiger partial charge in [-0.3, -0.25) is 0 Å². The van der Waals surface area contributed by atoms with Crippen LogP contribution >= 0.6 is 0 Å². The van der Waals surface area contributed by atoms with Gasteiger partial charge in [0.05, 0.1) is 0 Å². The molecule has 4 aromatic rings. The van der Waals surface area contributed by atoms with E-state index in [2.05, 4.69) is 27.5 Å². The van der Waals surface area contributed by atoms with Crippen LogP contribution in [0.2, 0.25) is 0 Å². The van der Waals surface area contributed by atoms with Crippen LogP contribution in [0.3, 0.4) is 0 Å². The first-order valence-electron chi connectivity index (χ1n) is 10.0. The largest absolute Gasteiger partial charge is 0.439 e. The van der Waals surface area contributed by atoms with E-state index >= 15 is 0 Å². The maximum Gasteiger partial charge on any atom is 0.323 e. The Kier molecular flexibility index (Phi) is 5.93. The van der Waals surface area contributed by atoms with E-state index in [9.17, 15) is 4.79 Å². The van der Waals surface area contributed by atoms with Gasteiger partial charge in [0.25, 0.3) is 0 Å². The molecule has 0 spiro atoms. The lowest BCUT2D eigenvalue weighted by atomic mass is 10.1. The lowest BCUT2D eigenvalue weighted by Crippen LogP contribution is -2.19. The van der Waals surface area contributed by atoms with E-state index < -0.39 is 0 Å². The van der Waals surface area contributed by atoms with Crippen LogP contribution in [0, 0.1) is 6.92 Å². The standard InChI is InChI=1S/C24H23N5O2/c1-3-18-6-8-19(9-7-18)27-24(30)28-20-10-12-21(13-11-20)31-23-16-22(25-17(2)26-23)29-14-4-5-15-29/h4-16H,3H2,1-2H3,(H2,27,28,30). The minimum Gasteiger partial charge on any atom is -0.439 e. The number of rotatable bonds is 6. The van der Waals surface area contributed by atoms with Gasteiger partial charge in [-0.15, -0.1) is 0 Å². The molecule has 2 aromatic carbocycles. The molecular weight excluding hydrogens is 390 g/mol. The summed E-state index contributed by atoms with van der Waals surface area (Å²) in [5, 5.41) is 5.63. The predicted molar refractivity (Wildman–Crippen MR) is 121 cm³/mol. The molecule has 0 aliphatic carbocycles. The van der Waals surface area contributed by atoms with Gasteiger partial charge in [-0.2, -0.15) is 4.98 Å². The molecular formula is C24H23N5O2. The summed E-state index contributed by atoms with van der Waals surface area (Å²) in [6, 6.07) is 20.2. The first kappa shape index (κ1) is 20.2. The van der Waals surface area contributed by atoms with E-state index in [0.29, 0.717) is 23.1 Å². The molecule has 0 radical (unpaired) electrons. The molecule has 0 saturated carbocycles. The average Bonchev–Trinajstić information content (AvgIpc) is 3.30. The van der Waals surface area contributed by atoms with Crippen LogP contribution < -0.4 is 15.4 Å². The lowest BCUT2D eigenvalue weighted by Gasteiger charge is -2.10. The molecule has 0 unspecified atom stereocenters. The Balaban J connectivity index is 1.38. The van der Waals surface area contributed by atoms with Crippen molar-refractivity contribution in [3.05, 3.63) is 90.5 Å². The van der Waals surface area contributed by atoms with Crippen molar-refractivity contribution in [3.8, 4) is 17.4 Å². The molecule has 0 aliphatic heterocycles. The van der Waals surface area contributed by atoms with Crippen molar-refractivity contribution in [1.82, 2.24) is 14.5 Å². The summed E-state index contributed by atoms with van der Waals surface area (Å²) in [5.74, 6) is 2.40. The zero-order chi connectivity index (χ0) is 21.6. The molecule has 2 aromatic heterocycles. The zero-order valence-electron chi connectivity index (χ0n) is 17.4. The maximum atomic E-state index is 12.2. The fourth-order valence-electron chi connectivity index (χ4n) is 3.04. The average molecular weight is 413 g/mol. The number of hydrogen-bond acceptors (Lipinski definition) is 4. The third-order valence-corrected chi connectivity index (χ3v) is 4.62. The highest BCUT2D eigenvalue weighted by Gasteiger charge is 2.07. The predicted octanol–water partition coefficient (Wildman–Crippen LogP) is 5.57. The first-order valence-corrected chi connectivity index (χ1v) is 10.0. The molecule has 7 heteroatoms. The third kappa shape index (κ3) is 5.27. The van der Waals surface area contributed by atoms with E-state index in [-0.39, 0.29) is 6.03 Å². The summed E-state index contributed by atoms with van der Waals surface area (Å²) >= 11 is 0. The Bertz CT molecular complexity index is 1150. The molecule has 4 rings (SSSR count). The van der Waals surface area contributed by atoms with Gasteiger partial charge in [-0.25, -0.2) is 9.78 Å². The molecule has 0 aliphatic rings. The van der Waals surface area contributed by atoms with Crippen LogP contribution in [0.5, 0.6) is 11.6 Å². The van der Waals surface area contributed by atoms with E-state index in [1.54, 1.807) is 30.3 Å². The number of aryl methyl sites for hydroxylation is 2. The summed E-state index contributed by atoms with van der Waals surface area (Å²) in [4.78, 5) is 21.0. The van der Waals surface area contributed by atoms with Crippen LogP contribution in [0.4, 0.5) is 16.2 Å². The number of anilines is 2. The van der Waals surface area contributed by atoms with Crippen LogP contribution in [0.1, 0.15) is 18.3 Å². The van der Waals surface area contributed by atoms with Gasteiger partial charge in [0.15, 0.2) is 0 Å². The topological polar surface area (TPSA) is 81.1 Å². The van der Waals surface area contributed by atoms with Crippen molar-refractivity contribution in [1.29, 1.82) is 0 Å². The molecule has 0 fully saturated rings. The SMILES string of the molecule is CCc1ccc(NC(=O)Nc2ccc(Oc3cc(-n4cccc4)nc(C)n3)cc2)cc1. The van der Waals surface area contributed by atoms with Crippen molar-refractivity contribution >= 4 is 17.4 Å². The van der Waals surface area contributed by atoms with Crippen LogP contribution in [-0.2, 0) is 6.42 Å². The molecule has 7 nitrogen and oxygen atoms in total. The minimum absolute atomic E-state index is 0.305. The molecule has 2 N–H and O–H groups in total. The van der Waals surface area contributed by atoms with Crippen molar-refractivity contribution < 1.29 is 9.53 Å². The number of nitrogens with zero attached hydrogens (tertiary/aromatic N) is 3. The number of carbonyl (C=O) groups excluding carboxylic acids is 1.